The predicted molar refractivity (Wildman–Crippen MR) is 101 cm³/mol. The first-order chi connectivity index (χ1) is 12.8. The fourth-order valence-electron chi connectivity index (χ4n) is 2.95. The molecule has 1 aromatic heterocycles. The van der Waals surface area contributed by atoms with Gasteiger partial charge in [-0.2, -0.15) is 0 Å². The molecule has 0 aliphatic carbocycles. The summed E-state index contributed by atoms with van der Waals surface area (Å²) in [5.74, 6) is -0.300. The molecule has 1 unspecified atom stereocenters. The number of nitrogens with one attached hydrogen (secondary N) is 1. The maximum Gasteiger partial charge on any atom is 0.573 e. The van der Waals surface area contributed by atoms with Gasteiger partial charge in [-0.1, -0.05) is 12.1 Å². The molecule has 0 radical (unpaired) electrons. The molecular formula is C18H21F3N4OS. The fourth-order valence-corrected chi connectivity index (χ4v) is 3.84. The quantitative estimate of drug-likeness (QED) is 0.594. The lowest BCUT2D eigenvalue weighted by molar-refractivity contribution is -0.274. The van der Waals surface area contributed by atoms with E-state index in [9.17, 15) is 13.2 Å². The Morgan fingerprint density at radius 3 is 2.93 bits per heavy atom. The average Bonchev–Trinajstić information content (AvgIpc) is 3.08. The Bertz CT molecular complexity index is 806. The first kappa shape index (κ1) is 19.5. The van der Waals surface area contributed by atoms with Crippen LogP contribution in [0.15, 0.2) is 40.7 Å². The van der Waals surface area contributed by atoms with Gasteiger partial charge in [-0.25, -0.2) is 0 Å². The summed E-state index contributed by atoms with van der Waals surface area (Å²) >= 11 is 1.79. The topological polar surface area (TPSA) is 62.9 Å². The number of anilines is 1. The van der Waals surface area contributed by atoms with Crippen molar-refractivity contribution in [3.63, 3.8) is 0 Å². The van der Waals surface area contributed by atoms with Crippen LogP contribution < -0.4 is 15.8 Å². The number of guanidine groups is 1. The molecule has 0 saturated carbocycles. The second-order valence-corrected chi connectivity index (χ2v) is 7.33. The summed E-state index contributed by atoms with van der Waals surface area (Å²) in [6.45, 7) is 4.35. The summed E-state index contributed by atoms with van der Waals surface area (Å²) in [6, 6.07) is 8.04. The normalized spacial score (nSPS) is 16.7. The van der Waals surface area contributed by atoms with E-state index in [-0.39, 0.29) is 23.4 Å². The number of thiophene rings is 1. The lowest BCUT2D eigenvalue weighted by Crippen LogP contribution is -2.39. The molecule has 3 N–H and O–H groups in total. The van der Waals surface area contributed by atoms with Crippen molar-refractivity contribution in [1.29, 1.82) is 0 Å². The van der Waals surface area contributed by atoms with Crippen LogP contribution in [0.3, 0.4) is 0 Å². The van der Waals surface area contributed by atoms with Gasteiger partial charge in [0.25, 0.3) is 0 Å². The van der Waals surface area contributed by atoms with Crippen molar-refractivity contribution < 1.29 is 17.9 Å². The van der Waals surface area contributed by atoms with Crippen LogP contribution in [0, 0.1) is 0 Å². The van der Waals surface area contributed by atoms with Crippen LogP contribution in [-0.4, -0.2) is 36.4 Å². The van der Waals surface area contributed by atoms with Gasteiger partial charge in [0, 0.05) is 24.0 Å². The van der Waals surface area contributed by atoms with Gasteiger partial charge in [0.2, 0.25) is 0 Å². The van der Waals surface area contributed by atoms with Gasteiger partial charge in [-0.05, 0) is 42.5 Å². The zero-order valence-corrected chi connectivity index (χ0v) is 15.6. The Balaban J connectivity index is 1.59. The van der Waals surface area contributed by atoms with Crippen molar-refractivity contribution in [2.24, 2.45) is 10.7 Å². The zero-order chi connectivity index (χ0) is 19.4. The number of rotatable bonds is 5. The largest absolute Gasteiger partial charge is 0.573 e. The second kappa shape index (κ2) is 8.18. The second-order valence-electron chi connectivity index (χ2n) is 6.33. The van der Waals surface area contributed by atoms with Crippen molar-refractivity contribution in [1.82, 2.24) is 4.90 Å². The van der Waals surface area contributed by atoms with E-state index >= 15 is 0 Å². The molecule has 1 aliphatic rings. The van der Waals surface area contributed by atoms with E-state index in [4.69, 9.17) is 5.73 Å². The Hall–Kier alpha value is -2.26. The molecule has 9 heteroatoms. The molecule has 0 fully saturated rings. The third-order valence-electron chi connectivity index (χ3n) is 4.36. The first-order valence-electron chi connectivity index (χ1n) is 8.53. The van der Waals surface area contributed by atoms with Gasteiger partial charge in [0.15, 0.2) is 11.7 Å². The number of alkyl halides is 3. The Kier molecular flexibility index (Phi) is 5.91. The molecule has 1 atom stereocenters. The van der Waals surface area contributed by atoms with E-state index in [0.29, 0.717) is 6.54 Å². The Morgan fingerprint density at radius 2 is 2.15 bits per heavy atom. The number of hydrogen-bond acceptors (Lipinski definition) is 4. The third kappa shape index (κ3) is 5.36. The summed E-state index contributed by atoms with van der Waals surface area (Å²) in [4.78, 5) is 8.04. The molecule has 0 amide bonds. The highest BCUT2D eigenvalue weighted by Crippen LogP contribution is 2.30. The van der Waals surface area contributed by atoms with E-state index in [2.05, 4.69) is 38.3 Å². The number of halogens is 3. The molecule has 1 aromatic carbocycles. The molecule has 0 bridgehead atoms. The standard InChI is InChI=1S/C18H21F3N4OS/c1-12(25-8-6-16-13(11-25)7-9-27-16)10-23-17(22)24-14-4-2-3-5-15(14)26-18(19,20)21/h2-5,7,9,12H,6,8,10-11H2,1H3,(H3,22,23,24). The van der Waals surface area contributed by atoms with Gasteiger partial charge >= 0.3 is 6.36 Å². The minimum Gasteiger partial charge on any atom is -0.404 e. The number of hydrogen-bond donors (Lipinski definition) is 2. The fraction of sp³-hybridized carbons (Fsp3) is 0.389. The van der Waals surface area contributed by atoms with Gasteiger partial charge < -0.3 is 15.8 Å². The van der Waals surface area contributed by atoms with Crippen molar-refractivity contribution in [3.05, 3.63) is 46.2 Å². The molecule has 27 heavy (non-hydrogen) atoms. The maximum absolute atomic E-state index is 12.5. The Morgan fingerprint density at radius 1 is 1.37 bits per heavy atom. The molecule has 2 aromatic rings. The molecule has 3 rings (SSSR count). The SMILES string of the molecule is CC(CN=C(N)Nc1ccccc1OC(F)(F)F)N1CCc2sccc2C1. The van der Waals surface area contributed by atoms with Crippen LogP contribution in [0.2, 0.25) is 0 Å². The summed E-state index contributed by atoms with van der Waals surface area (Å²) in [7, 11) is 0. The van der Waals surface area contributed by atoms with E-state index in [0.717, 1.165) is 19.5 Å². The van der Waals surface area contributed by atoms with E-state index < -0.39 is 6.36 Å². The van der Waals surface area contributed by atoms with E-state index in [1.807, 2.05) is 0 Å². The van der Waals surface area contributed by atoms with Crippen molar-refractivity contribution in [2.75, 3.05) is 18.4 Å². The van der Waals surface area contributed by atoms with Gasteiger partial charge in [-0.15, -0.1) is 24.5 Å². The first-order valence-corrected chi connectivity index (χ1v) is 9.41. The van der Waals surface area contributed by atoms with Gasteiger partial charge in [0.1, 0.15) is 0 Å². The highest BCUT2D eigenvalue weighted by molar-refractivity contribution is 7.10. The third-order valence-corrected chi connectivity index (χ3v) is 5.38. The van der Waals surface area contributed by atoms with Crippen LogP contribution in [0.5, 0.6) is 5.75 Å². The van der Waals surface area contributed by atoms with Crippen LogP contribution in [-0.2, 0) is 13.0 Å². The number of ether oxygens (including phenoxy) is 1. The van der Waals surface area contributed by atoms with Gasteiger partial charge in [0.05, 0.1) is 12.2 Å². The van der Waals surface area contributed by atoms with Gasteiger partial charge in [-0.3, -0.25) is 9.89 Å². The van der Waals surface area contributed by atoms with E-state index in [1.165, 1.54) is 28.6 Å². The highest BCUT2D eigenvalue weighted by Gasteiger charge is 2.32. The maximum atomic E-state index is 12.5. The van der Waals surface area contributed by atoms with Crippen molar-refractivity contribution in [3.8, 4) is 5.75 Å². The zero-order valence-electron chi connectivity index (χ0n) is 14.8. The van der Waals surface area contributed by atoms with Crippen LogP contribution in [0.1, 0.15) is 17.4 Å². The summed E-state index contributed by atoms with van der Waals surface area (Å²) in [6.07, 6.45) is -3.75. The highest BCUT2D eigenvalue weighted by atomic mass is 32.1. The minimum absolute atomic E-state index is 0.0494. The number of fused-ring (bicyclic) bond motifs is 1. The number of nitrogens with two attached hydrogens (primary N) is 1. The summed E-state index contributed by atoms with van der Waals surface area (Å²) in [5, 5.41) is 4.80. The number of nitrogens with zero attached hydrogens (tertiary/aromatic N) is 2. The molecule has 146 valence electrons. The molecule has 1 aliphatic heterocycles. The molecule has 2 heterocycles. The van der Waals surface area contributed by atoms with Crippen molar-refractivity contribution in [2.45, 2.75) is 32.3 Å². The Labute approximate surface area is 159 Å². The number of benzene rings is 1. The number of aliphatic imine (C=N–C) groups is 1. The van der Waals surface area contributed by atoms with Crippen LogP contribution in [0.4, 0.5) is 18.9 Å². The average molecular weight is 398 g/mol. The monoisotopic (exact) mass is 398 g/mol. The smallest absolute Gasteiger partial charge is 0.404 e. The molecular weight excluding hydrogens is 377 g/mol. The predicted octanol–water partition coefficient (Wildman–Crippen LogP) is 3.82. The molecule has 0 spiro atoms. The van der Waals surface area contributed by atoms with E-state index in [1.54, 1.807) is 17.4 Å². The molecule has 5 nitrogen and oxygen atoms in total. The summed E-state index contributed by atoms with van der Waals surface area (Å²) < 4.78 is 41.5. The van der Waals surface area contributed by atoms with Crippen LogP contribution in [0.25, 0.3) is 0 Å². The van der Waals surface area contributed by atoms with Crippen molar-refractivity contribution >= 4 is 23.0 Å². The molecule has 0 saturated heterocycles. The lowest BCUT2D eigenvalue weighted by Gasteiger charge is -2.31. The minimum atomic E-state index is -4.77. The van der Waals surface area contributed by atoms with Crippen LogP contribution >= 0.6 is 11.3 Å². The lowest BCUT2D eigenvalue weighted by atomic mass is 10.1. The number of para-hydroxylation sites is 2. The summed E-state index contributed by atoms with van der Waals surface area (Å²) in [5.41, 5.74) is 7.33.